The molecule has 2 fully saturated rings. The monoisotopic (exact) mass is 330 g/mol. The van der Waals surface area contributed by atoms with Crippen molar-refractivity contribution >= 4 is 11.8 Å². The highest BCUT2D eigenvalue weighted by molar-refractivity contribution is 6.00. The van der Waals surface area contributed by atoms with Crippen LogP contribution in [-0.4, -0.2) is 54.9 Å². The maximum atomic E-state index is 13.0. The van der Waals surface area contributed by atoms with Gasteiger partial charge in [0.1, 0.15) is 11.5 Å². The third kappa shape index (κ3) is 3.31. The van der Waals surface area contributed by atoms with Crippen molar-refractivity contribution in [3.8, 4) is 0 Å². The summed E-state index contributed by atoms with van der Waals surface area (Å²) in [6.07, 6.45) is 2.55. The summed E-state index contributed by atoms with van der Waals surface area (Å²) in [6, 6.07) is 9.98. The molecule has 2 aliphatic rings. The number of hydrogen-bond acceptors (Lipinski definition) is 3. The van der Waals surface area contributed by atoms with Gasteiger partial charge in [0.2, 0.25) is 11.8 Å². The van der Waals surface area contributed by atoms with Crippen LogP contribution in [0.4, 0.5) is 0 Å². The van der Waals surface area contributed by atoms with E-state index in [1.54, 1.807) is 11.9 Å². The second-order valence-electron chi connectivity index (χ2n) is 7.01. The first-order chi connectivity index (χ1) is 11.5. The second-order valence-corrected chi connectivity index (χ2v) is 7.01. The molecular formula is C19H26N2O3. The van der Waals surface area contributed by atoms with E-state index in [2.05, 4.69) is 0 Å². The van der Waals surface area contributed by atoms with Crippen LogP contribution in [0.3, 0.4) is 0 Å². The van der Waals surface area contributed by atoms with E-state index < -0.39 is 11.5 Å². The summed E-state index contributed by atoms with van der Waals surface area (Å²) in [5.74, 6) is -0.611. The molecule has 1 aromatic carbocycles. The molecule has 5 nitrogen and oxygen atoms in total. The second kappa shape index (κ2) is 6.93. The zero-order valence-corrected chi connectivity index (χ0v) is 14.5. The van der Waals surface area contributed by atoms with Crippen molar-refractivity contribution in [1.29, 1.82) is 0 Å². The molecule has 0 spiro atoms. The zero-order chi connectivity index (χ0) is 17.2. The van der Waals surface area contributed by atoms with Crippen LogP contribution < -0.4 is 0 Å². The van der Waals surface area contributed by atoms with Crippen molar-refractivity contribution in [2.75, 3.05) is 33.3 Å². The van der Waals surface area contributed by atoms with Crippen LogP contribution in [0.25, 0.3) is 0 Å². The quantitative estimate of drug-likeness (QED) is 0.780. The predicted octanol–water partition coefficient (Wildman–Crippen LogP) is 2.02. The lowest BCUT2D eigenvalue weighted by atomic mass is 9.92. The van der Waals surface area contributed by atoms with Gasteiger partial charge in [-0.25, -0.2) is 0 Å². The molecule has 0 N–H and O–H groups in total. The van der Waals surface area contributed by atoms with Crippen LogP contribution in [0.1, 0.15) is 31.7 Å². The normalized spacial score (nSPS) is 28.6. The van der Waals surface area contributed by atoms with E-state index in [4.69, 9.17) is 4.74 Å². The highest BCUT2D eigenvalue weighted by atomic mass is 16.5. The zero-order valence-electron chi connectivity index (χ0n) is 14.5. The lowest BCUT2D eigenvalue weighted by molar-refractivity contribution is -0.158. The molecule has 2 aliphatic heterocycles. The Morgan fingerprint density at radius 3 is 2.71 bits per heavy atom. The van der Waals surface area contributed by atoms with Gasteiger partial charge in [0.05, 0.1) is 13.2 Å². The van der Waals surface area contributed by atoms with E-state index in [9.17, 15) is 9.59 Å². The Bertz CT molecular complexity index is 604. The Hall–Kier alpha value is -1.88. The molecule has 0 aromatic heterocycles. The minimum atomic E-state index is -0.532. The lowest BCUT2D eigenvalue weighted by Gasteiger charge is -2.42. The van der Waals surface area contributed by atoms with Crippen molar-refractivity contribution < 1.29 is 14.3 Å². The molecule has 0 bridgehead atoms. The molecular weight excluding hydrogens is 304 g/mol. The summed E-state index contributed by atoms with van der Waals surface area (Å²) in [7, 11) is 1.79. The highest BCUT2D eigenvalue weighted by Crippen LogP contribution is 2.30. The van der Waals surface area contributed by atoms with E-state index in [-0.39, 0.29) is 11.8 Å². The van der Waals surface area contributed by atoms with Gasteiger partial charge in [0, 0.05) is 20.1 Å². The number of hydrogen-bond donors (Lipinski definition) is 0. The van der Waals surface area contributed by atoms with Crippen molar-refractivity contribution in [2.45, 2.75) is 31.8 Å². The van der Waals surface area contributed by atoms with Crippen LogP contribution in [0, 0.1) is 5.92 Å². The molecule has 0 aliphatic carbocycles. The summed E-state index contributed by atoms with van der Waals surface area (Å²) in [5, 5.41) is 0. The topological polar surface area (TPSA) is 49.9 Å². The largest absolute Gasteiger partial charge is 0.367 e. The Kier molecular flexibility index (Phi) is 4.90. The van der Waals surface area contributed by atoms with Gasteiger partial charge in [-0.1, -0.05) is 36.8 Å². The van der Waals surface area contributed by atoms with Gasteiger partial charge in [-0.05, 0) is 25.3 Å². The first-order valence-electron chi connectivity index (χ1n) is 8.74. The SMILES string of the molecule is CN1CCCC[C@@H](C(=O)N2CCO[C@@](C)(c3ccccc3)C2)C1=O. The fourth-order valence-electron chi connectivity index (χ4n) is 3.67. The maximum absolute atomic E-state index is 13.0. The number of carbonyl (C=O) groups is 2. The van der Waals surface area contributed by atoms with Gasteiger partial charge in [-0.3, -0.25) is 9.59 Å². The third-order valence-corrected chi connectivity index (χ3v) is 5.18. The fourth-order valence-corrected chi connectivity index (χ4v) is 3.67. The van der Waals surface area contributed by atoms with Crippen LogP contribution in [0.2, 0.25) is 0 Å². The molecule has 0 unspecified atom stereocenters. The van der Waals surface area contributed by atoms with E-state index in [0.29, 0.717) is 26.1 Å². The van der Waals surface area contributed by atoms with Crippen molar-refractivity contribution in [1.82, 2.24) is 9.80 Å². The first-order valence-corrected chi connectivity index (χ1v) is 8.74. The van der Waals surface area contributed by atoms with E-state index in [0.717, 1.165) is 24.9 Å². The Labute approximate surface area is 143 Å². The molecule has 24 heavy (non-hydrogen) atoms. The molecule has 5 heteroatoms. The van der Waals surface area contributed by atoms with Gasteiger partial charge >= 0.3 is 0 Å². The average molecular weight is 330 g/mol. The average Bonchev–Trinajstić information content (AvgIpc) is 2.77. The summed E-state index contributed by atoms with van der Waals surface area (Å²) in [6.45, 7) is 4.29. The maximum Gasteiger partial charge on any atom is 0.235 e. The van der Waals surface area contributed by atoms with Gasteiger partial charge in [0.15, 0.2) is 0 Å². The summed E-state index contributed by atoms with van der Waals surface area (Å²) in [4.78, 5) is 29.0. The minimum Gasteiger partial charge on any atom is -0.367 e. The van der Waals surface area contributed by atoms with E-state index in [1.165, 1.54) is 0 Å². The number of ether oxygens (including phenoxy) is 1. The van der Waals surface area contributed by atoms with E-state index >= 15 is 0 Å². The van der Waals surface area contributed by atoms with Gasteiger partial charge < -0.3 is 14.5 Å². The van der Waals surface area contributed by atoms with Crippen LogP contribution in [0.5, 0.6) is 0 Å². The van der Waals surface area contributed by atoms with Gasteiger partial charge in [0.25, 0.3) is 0 Å². The molecule has 0 saturated carbocycles. The number of nitrogens with zero attached hydrogens (tertiary/aromatic N) is 2. The number of likely N-dealkylation sites (tertiary alicyclic amines) is 1. The Morgan fingerprint density at radius 2 is 1.96 bits per heavy atom. The summed E-state index contributed by atoms with van der Waals surface area (Å²) < 4.78 is 6.00. The smallest absolute Gasteiger partial charge is 0.235 e. The number of benzene rings is 1. The highest BCUT2D eigenvalue weighted by Gasteiger charge is 2.40. The molecule has 2 amide bonds. The van der Waals surface area contributed by atoms with E-state index in [1.807, 2.05) is 42.2 Å². The summed E-state index contributed by atoms with van der Waals surface area (Å²) >= 11 is 0. The lowest BCUT2D eigenvalue weighted by Crippen LogP contribution is -2.53. The number of rotatable bonds is 2. The van der Waals surface area contributed by atoms with Gasteiger partial charge in [-0.2, -0.15) is 0 Å². The number of amides is 2. The standard InChI is InChI=1S/C19H26N2O3/c1-19(15-8-4-3-5-9-15)14-21(12-13-24-19)18(23)16-10-6-7-11-20(2)17(16)22/h3-5,8-9,16H,6-7,10-14H2,1-2H3/t16-,19-/m1/s1. The summed E-state index contributed by atoms with van der Waals surface area (Å²) in [5.41, 5.74) is 0.543. The molecule has 1 aromatic rings. The Morgan fingerprint density at radius 1 is 1.21 bits per heavy atom. The van der Waals surface area contributed by atoms with Crippen molar-refractivity contribution in [3.63, 3.8) is 0 Å². The van der Waals surface area contributed by atoms with Crippen LogP contribution in [-0.2, 0) is 19.9 Å². The van der Waals surface area contributed by atoms with Gasteiger partial charge in [-0.15, -0.1) is 0 Å². The minimum absolute atomic E-state index is 0.0367. The van der Waals surface area contributed by atoms with Crippen LogP contribution >= 0.6 is 0 Å². The predicted molar refractivity (Wildman–Crippen MR) is 91.3 cm³/mol. The van der Waals surface area contributed by atoms with Crippen LogP contribution in [0.15, 0.2) is 30.3 Å². The van der Waals surface area contributed by atoms with Crippen molar-refractivity contribution in [2.24, 2.45) is 5.92 Å². The molecule has 2 saturated heterocycles. The molecule has 3 rings (SSSR count). The Balaban J connectivity index is 1.76. The molecule has 130 valence electrons. The first kappa shape index (κ1) is 17.0. The molecule has 2 heterocycles. The number of morpholine rings is 1. The molecule has 0 radical (unpaired) electrons. The molecule has 2 atom stereocenters. The third-order valence-electron chi connectivity index (χ3n) is 5.18. The van der Waals surface area contributed by atoms with Crippen molar-refractivity contribution in [3.05, 3.63) is 35.9 Å². The fraction of sp³-hybridized carbons (Fsp3) is 0.579. The number of carbonyl (C=O) groups excluding carboxylic acids is 2.